The molecule has 1 amide bonds. The molecule has 4 rings (SSSR count). The lowest BCUT2D eigenvalue weighted by atomic mass is 9.84. The number of aliphatic carboxylic acids is 2. The van der Waals surface area contributed by atoms with Crippen molar-refractivity contribution >= 4 is 41.0 Å². The number of carboxylic acid groups (broad SMARTS) is 2. The molecule has 0 aromatic heterocycles. The van der Waals surface area contributed by atoms with E-state index in [0.29, 0.717) is 27.6 Å². The minimum absolute atomic E-state index is 0.142. The fourth-order valence-electron chi connectivity index (χ4n) is 5.34. The molecule has 6 nitrogen and oxygen atoms in total. The maximum absolute atomic E-state index is 15.7. The van der Waals surface area contributed by atoms with Gasteiger partial charge in [0.2, 0.25) is 5.91 Å². The number of carbonyl (C=O) groups is 3. The molecule has 0 unspecified atom stereocenters. The Balaban J connectivity index is 1.77. The van der Waals surface area contributed by atoms with Gasteiger partial charge in [-0.15, -0.1) is 0 Å². The van der Waals surface area contributed by atoms with Crippen LogP contribution in [0.2, 0.25) is 10.0 Å². The van der Waals surface area contributed by atoms with Crippen LogP contribution in [0.5, 0.6) is 0 Å². The molecule has 9 heteroatoms. The molecule has 0 fully saturated rings. The second kappa shape index (κ2) is 15.0. The van der Waals surface area contributed by atoms with Gasteiger partial charge < -0.3 is 15.1 Å². The molecule has 0 aliphatic heterocycles. The summed E-state index contributed by atoms with van der Waals surface area (Å²) in [5.74, 6) is -5.47. The lowest BCUT2D eigenvalue weighted by molar-refractivity contribution is -0.151. The molecule has 0 aliphatic carbocycles. The smallest absolute Gasteiger partial charge is 0.307 e. The number of rotatable bonds is 13. The zero-order chi connectivity index (χ0) is 31.8. The van der Waals surface area contributed by atoms with Gasteiger partial charge in [0.1, 0.15) is 5.82 Å². The predicted octanol–water partition coefficient (Wildman–Crippen LogP) is 8.11. The number of carboxylic acids is 2. The van der Waals surface area contributed by atoms with Crippen LogP contribution in [0.1, 0.15) is 42.4 Å². The highest BCUT2D eigenvalue weighted by Crippen LogP contribution is 2.34. The first-order valence-electron chi connectivity index (χ1n) is 14.1. The molecule has 0 spiro atoms. The number of benzene rings is 4. The number of amides is 1. The van der Waals surface area contributed by atoms with Crippen molar-refractivity contribution in [3.63, 3.8) is 0 Å². The summed E-state index contributed by atoms with van der Waals surface area (Å²) in [5.41, 5.74) is 3.41. The fraction of sp³-hybridized carbons (Fsp3) is 0.229. The minimum atomic E-state index is -1.40. The second-order valence-corrected chi connectivity index (χ2v) is 11.6. The van der Waals surface area contributed by atoms with E-state index in [4.69, 9.17) is 23.2 Å². The number of halogens is 3. The Morgan fingerprint density at radius 1 is 0.795 bits per heavy atom. The average Bonchev–Trinajstić information content (AvgIpc) is 3.00. The first-order valence-corrected chi connectivity index (χ1v) is 14.9. The lowest BCUT2D eigenvalue weighted by Crippen LogP contribution is -2.43. The van der Waals surface area contributed by atoms with E-state index in [-0.39, 0.29) is 6.54 Å². The Labute approximate surface area is 265 Å². The molecule has 44 heavy (non-hydrogen) atoms. The quantitative estimate of drug-likeness (QED) is 0.155. The fourth-order valence-corrected chi connectivity index (χ4v) is 5.66. The summed E-state index contributed by atoms with van der Waals surface area (Å²) in [6, 6.07) is 28.0. The predicted molar refractivity (Wildman–Crippen MR) is 169 cm³/mol. The Bertz CT molecular complexity index is 1620. The maximum Gasteiger partial charge on any atom is 0.307 e. The number of hydrogen-bond acceptors (Lipinski definition) is 3. The zero-order valence-electron chi connectivity index (χ0n) is 24.0. The Morgan fingerprint density at radius 2 is 1.45 bits per heavy atom. The van der Waals surface area contributed by atoms with Gasteiger partial charge in [0, 0.05) is 30.5 Å². The van der Waals surface area contributed by atoms with Gasteiger partial charge in [-0.05, 0) is 53.8 Å². The normalized spacial score (nSPS) is 13.1. The Morgan fingerprint density at radius 3 is 2.05 bits per heavy atom. The van der Waals surface area contributed by atoms with Gasteiger partial charge in [-0.3, -0.25) is 14.4 Å². The van der Waals surface area contributed by atoms with Crippen LogP contribution >= 0.6 is 23.2 Å². The largest absolute Gasteiger partial charge is 0.481 e. The molecule has 3 atom stereocenters. The van der Waals surface area contributed by atoms with E-state index in [1.807, 2.05) is 79.7 Å². The molecular formula is C35H32Cl2FNO5. The third-order valence-electron chi connectivity index (χ3n) is 7.73. The Kier molecular flexibility index (Phi) is 11.1. The van der Waals surface area contributed by atoms with Crippen molar-refractivity contribution in [2.75, 3.05) is 0 Å². The standard InChI is InChI=1S/C35H32Cl2FNO5/c1-22(39(21-23-8-4-2-5-9-23)33(40)19-27(35(43)44)20-34(41)42)29(16-24-12-15-30(36)31(37)17-24)26-13-14-28(32(38)18-26)25-10-6-3-7-11-25/h2-15,17-18,22,27,29H,16,19-21H2,1H3,(H,41,42)(H,43,44)/t22-,27-,29+/m0/s1. The molecule has 0 heterocycles. The van der Waals surface area contributed by atoms with Gasteiger partial charge in [-0.1, -0.05) is 102 Å². The van der Waals surface area contributed by atoms with Crippen molar-refractivity contribution in [2.24, 2.45) is 5.92 Å². The van der Waals surface area contributed by atoms with E-state index in [0.717, 1.165) is 16.7 Å². The molecule has 0 bridgehead atoms. The third-order valence-corrected chi connectivity index (χ3v) is 8.47. The van der Waals surface area contributed by atoms with Gasteiger partial charge in [-0.2, -0.15) is 0 Å². The van der Waals surface area contributed by atoms with Crippen LogP contribution in [0.4, 0.5) is 4.39 Å². The van der Waals surface area contributed by atoms with Gasteiger partial charge >= 0.3 is 11.9 Å². The number of nitrogens with zero attached hydrogens (tertiary/aromatic N) is 1. The van der Waals surface area contributed by atoms with Crippen LogP contribution in [-0.4, -0.2) is 39.0 Å². The summed E-state index contributed by atoms with van der Waals surface area (Å²) in [6.07, 6.45) is -0.828. The SMILES string of the molecule is C[C@@H]([C@@H](Cc1ccc(Cl)c(Cl)c1)c1ccc(-c2ccccc2)c(F)c1)N(Cc1ccccc1)C(=O)C[C@@H](CC(=O)O)C(=O)O. The highest BCUT2D eigenvalue weighted by Gasteiger charge is 2.33. The highest BCUT2D eigenvalue weighted by molar-refractivity contribution is 6.42. The van der Waals surface area contributed by atoms with E-state index >= 15 is 4.39 Å². The summed E-state index contributed by atoms with van der Waals surface area (Å²) >= 11 is 12.5. The van der Waals surface area contributed by atoms with Crippen molar-refractivity contribution in [1.82, 2.24) is 4.90 Å². The summed E-state index contributed by atoms with van der Waals surface area (Å²) in [4.78, 5) is 38.6. The van der Waals surface area contributed by atoms with Crippen molar-refractivity contribution in [2.45, 2.75) is 44.7 Å². The number of hydrogen-bond donors (Lipinski definition) is 2. The summed E-state index contributed by atoms with van der Waals surface area (Å²) in [6.45, 7) is 1.97. The zero-order valence-corrected chi connectivity index (χ0v) is 25.5. The van der Waals surface area contributed by atoms with E-state index in [1.54, 1.807) is 23.1 Å². The maximum atomic E-state index is 15.7. The van der Waals surface area contributed by atoms with Gasteiger partial charge in [0.15, 0.2) is 0 Å². The molecule has 0 saturated heterocycles. The van der Waals surface area contributed by atoms with Crippen molar-refractivity contribution in [3.8, 4) is 11.1 Å². The average molecular weight is 637 g/mol. The van der Waals surface area contributed by atoms with Crippen LogP contribution in [0.3, 0.4) is 0 Å². The molecular weight excluding hydrogens is 604 g/mol. The Hall–Kier alpha value is -4.20. The third kappa shape index (κ3) is 8.46. The first kappa shape index (κ1) is 32.7. The summed E-state index contributed by atoms with van der Waals surface area (Å²) < 4.78 is 15.7. The molecule has 228 valence electrons. The molecule has 4 aromatic rings. The molecule has 0 radical (unpaired) electrons. The van der Waals surface area contributed by atoms with Crippen molar-refractivity contribution in [1.29, 1.82) is 0 Å². The number of carbonyl (C=O) groups excluding carboxylic acids is 1. The van der Waals surface area contributed by atoms with Crippen LogP contribution < -0.4 is 0 Å². The van der Waals surface area contributed by atoms with Crippen LogP contribution in [0, 0.1) is 11.7 Å². The van der Waals surface area contributed by atoms with Crippen LogP contribution in [0.25, 0.3) is 11.1 Å². The summed E-state index contributed by atoms with van der Waals surface area (Å²) in [7, 11) is 0. The van der Waals surface area contributed by atoms with E-state index in [1.165, 1.54) is 6.07 Å². The molecule has 4 aromatic carbocycles. The van der Waals surface area contributed by atoms with Crippen LogP contribution in [0.15, 0.2) is 97.1 Å². The summed E-state index contributed by atoms with van der Waals surface area (Å²) in [5, 5.41) is 19.7. The van der Waals surface area contributed by atoms with Gasteiger partial charge in [0.25, 0.3) is 0 Å². The first-order chi connectivity index (χ1) is 21.0. The van der Waals surface area contributed by atoms with Gasteiger partial charge in [-0.25, -0.2) is 4.39 Å². The highest BCUT2D eigenvalue weighted by atomic mass is 35.5. The lowest BCUT2D eigenvalue weighted by Gasteiger charge is -2.36. The van der Waals surface area contributed by atoms with Crippen molar-refractivity contribution < 1.29 is 29.0 Å². The molecule has 2 N–H and O–H groups in total. The second-order valence-electron chi connectivity index (χ2n) is 10.7. The van der Waals surface area contributed by atoms with E-state index in [9.17, 15) is 24.6 Å². The van der Waals surface area contributed by atoms with Gasteiger partial charge in [0.05, 0.1) is 22.4 Å². The van der Waals surface area contributed by atoms with E-state index < -0.39 is 54.4 Å². The van der Waals surface area contributed by atoms with E-state index in [2.05, 4.69) is 0 Å². The van der Waals surface area contributed by atoms with Crippen LogP contribution in [-0.2, 0) is 27.3 Å². The molecule has 0 saturated carbocycles. The molecule has 0 aliphatic rings. The minimum Gasteiger partial charge on any atom is -0.481 e. The monoisotopic (exact) mass is 635 g/mol. The topological polar surface area (TPSA) is 94.9 Å². The van der Waals surface area contributed by atoms with Crippen molar-refractivity contribution in [3.05, 3.63) is 130 Å².